The van der Waals surface area contributed by atoms with E-state index in [4.69, 9.17) is 4.74 Å². The molecule has 0 aromatic carbocycles. The molecule has 0 bridgehead atoms. The average molecular weight is 405 g/mol. The van der Waals surface area contributed by atoms with Crippen molar-refractivity contribution in [3.05, 3.63) is 22.6 Å². The molecule has 2 saturated heterocycles. The lowest BCUT2D eigenvalue weighted by atomic mass is 9.95. The van der Waals surface area contributed by atoms with Crippen LogP contribution in [0.4, 0.5) is 10.5 Å². The van der Waals surface area contributed by atoms with Crippen LogP contribution < -0.4 is 15.8 Å². The second-order valence-corrected chi connectivity index (χ2v) is 8.84. The summed E-state index contributed by atoms with van der Waals surface area (Å²) in [5, 5.41) is 9.37. The van der Waals surface area contributed by atoms with E-state index >= 15 is 0 Å². The molecule has 9 nitrogen and oxygen atoms in total. The van der Waals surface area contributed by atoms with E-state index in [1.807, 2.05) is 25.7 Å². The van der Waals surface area contributed by atoms with Crippen molar-refractivity contribution in [2.45, 2.75) is 58.1 Å². The van der Waals surface area contributed by atoms with E-state index < -0.39 is 5.60 Å². The van der Waals surface area contributed by atoms with Crippen LogP contribution >= 0.6 is 0 Å². The van der Waals surface area contributed by atoms with Crippen molar-refractivity contribution < 1.29 is 14.3 Å². The van der Waals surface area contributed by atoms with Gasteiger partial charge in [0.1, 0.15) is 5.60 Å². The van der Waals surface area contributed by atoms with E-state index in [2.05, 4.69) is 15.5 Å². The Hall–Kier alpha value is -2.58. The Labute approximate surface area is 170 Å². The molecule has 2 fully saturated rings. The molecular formula is C20H31N5O4. The molecule has 1 atom stereocenters. The third-order valence-electron chi connectivity index (χ3n) is 5.30. The summed E-state index contributed by atoms with van der Waals surface area (Å²) in [7, 11) is 0. The van der Waals surface area contributed by atoms with Gasteiger partial charge in [-0.2, -0.15) is 5.10 Å². The van der Waals surface area contributed by atoms with Gasteiger partial charge in [-0.05, 0) is 46.5 Å². The topological polar surface area (TPSA) is 108 Å². The predicted molar refractivity (Wildman–Crippen MR) is 109 cm³/mol. The van der Waals surface area contributed by atoms with Gasteiger partial charge in [0.15, 0.2) is 0 Å². The van der Waals surface area contributed by atoms with Crippen molar-refractivity contribution in [1.82, 2.24) is 20.4 Å². The van der Waals surface area contributed by atoms with Crippen LogP contribution in [-0.2, 0) is 9.53 Å². The largest absolute Gasteiger partial charge is 0.444 e. The average Bonchev–Trinajstić information content (AvgIpc) is 2.67. The SMILES string of the molecule is CC(C)(C)OC(=O)N1CCC(NC(=O)[C@H]2CCCN(c3cn[nH]c(=O)c3)C2)CC1. The molecule has 9 heteroatoms. The van der Waals surface area contributed by atoms with Crippen LogP contribution in [0.25, 0.3) is 0 Å². The zero-order valence-electron chi connectivity index (χ0n) is 17.4. The minimum Gasteiger partial charge on any atom is -0.444 e. The van der Waals surface area contributed by atoms with Gasteiger partial charge in [-0.3, -0.25) is 9.59 Å². The molecule has 29 heavy (non-hydrogen) atoms. The van der Waals surface area contributed by atoms with E-state index in [0.717, 1.165) is 37.9 Å². The number of H-pyrrole nitrogens is 1. The highest BCUT2D eigenvalue weighted by Crippen LogP contribution is 2.22. The van der Waals surface area contributed by atoms with Gasteiger partial charge in [0.25, 0.3) is 5.56 Å². The number of hydrogen-bond donors (Lipinski definition) is 2. The summed E-state index contributed by atoms with van der Waals surface area (Å²) >= 11 is 0. The lowest BCUT2D eigenvalue weighted by molar-refractivity contribution is -0.126. The number of rotatable bonds is 3. The first-order chi connectivity index (χ1) is 13.7. The van der Waals surface area contributed by atoms with Crippen LogP contribution in [0.1, 0.15) is 46.5 Å². The molecule has 0 spiro atoms. The van der Waals surface area contributed by atoms with E-state index in [1.165, 1.54) is 6.07 Å². The highest BCUT2D eigenvalue weighted by molar-refractivity contribution is 5.80. The number of aromatic nitrogens is 2. The summed E-state index contributed by atoms with van der Waals surface area (Å²) < 4.78 is 5.42. The van der Waals surface area contributed by atoms with Gasteiger partial charge in [-0.25, -0.2) is 9.89 Å². The Kier molecular flexibility index (Phi) is 6.44. The molecule has 2 N–H and O–H groups in total. The number of piperidine rings is 2. The molecule has 3 heterocycles. The van der Waals surface area contributed by atoms with Crippen molar-refractivity contribution >= 4 is 17.7 Å². The molecule has 3 rings (SSSR count). The summed E-state index contributed by atoms with van der Waals surface area (Å²) in [4.78, 5) is 40.2. The van der Waals surface area contributed by atoms with Gasteiger partial charge in [0, 0.05) is 38.3 Å². The Morgan fingerprint density at radius 3 is 2.59 bits per heavy atom. The maximum atomic E-state index is 12.8. The molecule has 160 valence electrons. The van der Waals surface area contributed by atoms with Gasteiger partial charge < -0.3 is 19.9 Å². The first-order valence-electron chi connectivity index (χ1n) is 10.3. The minimum absolute atomic E-state index is 0.0446. The molecule has 2 aliphatic rings. The Balaban J connectivity index is 1.48. The number of ether oxygens (including phenoxy) is 1. The van der Waals surface area contributed by atoms with Gasteiger partial charge in [-0.15, -0.1) is 0 Å². The molecule has 1 aromatic heterocycles. The molecular weight excluding hydrogens is 374 g/mol. The number of amides is 2. The van der Waals surface area contributed by atoms with Crippen LogP contribution in [0.2, 0.25) is 0 Å². The monoisotopic (exact) mass is 405 g/mol. The van der Waals surface area contributed by atoms with Crippen LogP contribution in [0.3, 0.4) is 0 Å². The first kappa shape index (κ1) is 21.1. The van der Waals surface area contributed by atoms with Gasteiger partial charge in [-0.1, -0.05) is 0 Å². The summed E-state index contributed by atoms with van der Waals surface area (Å²) in [5.74, 6) is -0.0739. The number of likely N-dealkylation sites (tertiary alicyclic amines) is 1. The number of aromatic amines is 1. The second kappa shape index (κ2) is 8.84. The number of hydrogen-bond acceptors (Lipinski definition) is 6. The van der Waals surface area contributed by atoms with Crippen molar-refractivity contribution in [3.63, 3.8) is 0 Å². The zero-order valence-corrected chi connectivity index (χ0v) is 17.4. The molecule has 0 unspecified atom stereocenters. The summed E-state index contributed by atoms with van der Waals surface area (Å²) in [6, 6.07) is 1.58. The number of nitrogens with one attached hydrogen (secondary N) is 2. The highest BCUT2D eigenvalue weighted by atomic mass is 16.6. The number of carbonyl (C=O) groups is 2. The van der Waals surface area contributed by atoms with E-state index in [0.29, 0.717) is 19.6 Å². The summed E-state index contributed by atoms with van der Waals surface area (Å²) in [5.41, 5.74) is -0.00325. The van der Waals surface area contributed by atoms with E-state index in [1.54, 1.807) is 11.1 Å². The number of carbonyl (C=O) groups excluding carboxylic acids is 2. The Morgan fingerprint density at radius 1 is 1.21 bits per heavy atom. The fourth-order valence-corrected chi connectivity index (χ4v) is 3.82. The number of nitrogens with zero attached hydrogens (tertiary/aromatic N) is 3. The molecule has 0 aliphatic carbocycles. The predicted octanol–water partition coefficient (Wildman–Crippen LogP) is 1.50. The second-order valence-electron chi connectivity index (χ2n) is 8.84. The van der Waals surface area contributed by atoms with E-state index in [-0.39, 0.29) is 29.5 Å². The van der Waals surface area contributed by atoms with Gasteiger partial charge in [0.2, 0.25) is 5.91 Å². The minimum atomic E-state index is -0.506. The van der Waals surface area contributed by atoms with Crippen LogP contribution in [0.5, 0.6) is 0 Å². The van der Waals surface area contributed by atoms with Crippen molar-refractivity contribution in [1.29, 1.82) is 0 Å². The standard InChI is InChI=1S/C20H31N5O4/c1-20(2,3)29-19(28)24-9-6-15(7-10-24)22-18(27)14-5-4-8-25(13-14)16-11-17(26)23-21-12-16/h11-12,14-15H,4-10,13H2,1-3H3,(H,22,27)(H,23,26)/t14-/m0/s1. The molecule has 2 aliphatic heterocycles. The summed E-state index contributed by atoms with van der Waals surface area (Å²) in [6.07, 6.45) is 4.49. The van der Waals surface area contributed by atoms with Crippen LogP contribution in [0, 0.1) is 5.92 Å². The third kappa shape index (κ3) is 5.95. The summed E-state index contributed by atoms with van der Waals surface area (Å²) in [6.45, 7) is 8.11. The van der Waals surface area contributed by atoms with Crippen LogP contribution in [0.15, 0.2) is 17.1 Å². The lowest BCUT2D eigenvalue weighted by Crippen LogP contribution is -2.50. The Bertz CT molecular complexity index is 780. The molecule has 2 amide bonds. The van der Waals surface area contributed by atoms with Crippen molar-refractivity contribution in [2.24, 2.45) is 5.92 Å². The maximum absolute atomic E-state index is 12.8. The highest BCUT2D eigenvalue weighted by Gasteiger charge is 2.31. The fraction of sp³-hybridized carbons (Fsp3) is 0.700. The quantitative estimate of drug-likeness (QED) is 0.789. The smallest absolute Gasteiger partial charge is 0.410 e. The van der Waals surface area contributed by atoms with Gasteiger partial charge in [0.05, 0.1) is 17.8 Å². The first-order valence-corrected chi connectivity index (χ1v) is 10.3. The van der Waals surface area contributed by atoms with Crippen molar-refractivity contribution in [3.8, 4) is 0 Å². The molecule has 1 aromatic rings. The zero-order chi connectivity index (χ0) is 21.0. The van der Waals surface area contributed by atoms with Crippen molar-refractivity contribution in [2.75, 3.05) is 31.1 Å². The lowest BCUT2D eigenvalue weighted by Gasteiger charge is -2.36. The maximum Gasteiger partial charge on any atom is 0.410 e. The fourth-order valence-electron chi connectivity index (χ4n) is 3.82. The normalized spacial score (nSPS) is 21.0. The Morgan fingerprint density at radius 2 is 1.93 bits per heavy atom. The van der Waals surface area contributed by atoms with Gasteiger partial charge >= 0.3 is 6.09 Å². The van der Waals surface area contributed by atoms with E-state index in [9.17, 15) is 14.4 Å². The van der Waals surface area contributed by atoms with Crippen LogP contribution in [-0.4, -0.2) is 64.9 Å². The molecule has 0 saturated carbocycles. The number of anilines is 1. The third-order valence-corrected chi connectivity index (χ3v) is 5.30. The molecule has 0 radical (unpaired) electrons.